The van der Waals surface area contributed by atoms with Gasteiger partial charge < -0.3 is 0 Å². The Kier molecular flexibility index (Phi) is 6.81. The molecule has 5 nitrogen and oxygen atoms in total. The van der Waals surface area contributed by atoms with Crippen LogP contribution in [-0.4, -0.2) is 6.61 Å². The third-order valence-corrected chi connectivity index (χ3v) is 9.23. The molecule has 163 valence electrons. The Bertz CT molecular complexity index is 915. The minimum absolute atomic E-state index is 0.247. The average molecular weight is 465 g/mol. The first-order chi connectivity index (χ1) is 15.7. The first-order valence-electron chi connectivity index (χ1n) is 10.5. The van der Waals surface area contributed by atoms with Crippen molar-refractivity contribution in [3.05, 3.63) is 121 Å². The first kappa shape index (κ1) is 22.0. The van der Waals surface area contributed by atoms with Gasteiger partial charge in [0, 0.05) is 0 Å². The average Bonchev–Trinajstić information content (AvgIpc) is 2.82. The minimum atomic E-state index is -5.75. The summed E-state index contributed by atoms with van der Waals surface area (Å²) in [5.41, 5.74) is 0. The Morgan fingerprint density at radius 2 is 0.688 bits per heavy atom. The van der Waals surface area contributed by atoms with Crippen molar-refractivity contribution in [1.29, 1.82) is 0 Å². The number of hydrogen-bond acceptors (Lipinski definition) is 5. The molecule has 0 amide bonds. The maximum atomic E-state index is 6.54. The summed E-state index contributed by atoms with van der Waals surface area (Å²) in [6.07, 6.45) is 0. The van der Waals surface area contributed by atoms with Crippen LogP contribution in [0.2, 0.25) is 0 Å². The zero-order valence-electron chi connectivity index (χ0n) is 17.8. The van der Waals surface area contributed by atoms with E-state index in [0.717, 1.165) is 0 Å². The van der Waals surface area contributed by atoms with E-state index in [4.69, 9.17) is 16.6 Å². The molecule has 0 fully saturated rings. The third kappa shape index (κ3) is 5.32. The molecule has 0 aromatic heterocycles. The van der Waals surface area contributed by atoms with Crippen molar-refractivity contribution < 1.29 is 33.8 Å². The molecule has 0 saturated carbocycles. The summed E-state index contributed by atoms with van der Waals surface area (Å²) in [6, 6.07) is 37.1. The van der Waals surface area contributed by atoms with Gasteiger partial charge in [0.25, 0.3) is 0 Å². The number of benzene rings is 4. The van der Waals surface area contributed by atoms with Gasteiger partial charge in [-0.1, -0.05) is 0 Å². The molecule has 0 bridgehead atoms. The molecule has 0 N–H and O–H groups in total. The molecule has 32 heavy (non-hydrogen) atoms. The molecule has 0 heterocycles. The van der Waals surface area contributed by atoms with Crippen LogP contribution in [0.3, 0.4) is 0 Å². The van der Waals surface area contributed by atoms with E-state index in [1.807, 2.05) is 128 Å². The Morgan fingerprint density at radius 1 is 0.438 bits per heavy atom. The molecule has 4 rings (SSSR count). The Morgan fingerprint density at radius 3 is 0.906 bits per heavy atom. The normalized spacial score (nSPS) is 12.2. The number of hydrogen-bond donors (Lipinski definition) is 0. The van der Waals surface area contributed by atoms with Gasteiger partial charge in [-0.3, -0.25) is 0 Å². The second-order valence-electron chi connectivity index (χ2n) is 6.93. The Labute approximate surface area is 191 Å². The predicted octanol–water partition coefficient (Wildman–Crippen LogP) is 6.60. The molecule has 0 atom stereocenters. The van der Waals surface area contributed by atoms with Gasteiger partial charge in [0.15, 0.2) is 0 Å². The Hall–Kier alpha value is -3.25. The van der Waals surface area contributed by atoms with Crippen molar-refractivity contribution >= 4 is 0 Å². The first-order valence-corrected chi connectivity index (χ1v) is 13.7. The van der Waals surface area contributed by atoms with Gasteiger partial charge in [0.05, 0.1) is 0 Å². The molecule has 0 aliphatic rings. The molecule has 0 aliphatic heterocycles. The summed E-state index contributed by atoms with van der Waals surface area (Å²) in [5.74, 6) is 2.06. The number of rotatable bonds is 10. The van der Waals surface area contributed by atoms with Gasteiger partial charge in [-0.25, -0.2) is 0 Å². The van der Waals surface area contributed by atoms with E-state index in [9.17, 15) is 0 Å². The molecule has 4 aromatic rings. The van der Waals surface area contributed by atoms with E-state index >= 15 is 0 Å². The zero-order chi connectivity index (χ0) is 22.1. The van der Waals surface area contributed by atoms with Crippen LogP contribution in [-0.2, 0) is 20.6 Å². The van der Waals surface area contributed by atoms with Crippen LogP contribution in [0.4, 0.5) is 0 Å². The van der Waals surface area contributed by atoms with Crippen LogP contribution in [0.15, 0.2) is 121 Å². The second-order valence-corrected chi connectivity index (χ2v) is 11.3. The van der Waals surface area contributed by atoms with Crippen molar-refractivity contribution in [3.63, 3.8) is 0 Å². The van der Waals surface area contributed by atoms with Gasteiger partial charge in [-0.15, -0.1) is 0 Å². The summed E-state index contributed by atoms with van der Waals surface area (Å²) in [6.45, 7) is 2.10. The van der Waals surface area contributed by atoms with E-state index in [0.29, 0.717) is 23.0 Å². The van der Waals surface area contributed by atoms with Crippen molar-refractivity contribution in [1.82, 2.24) is 0 Å². The fourth-order valence-electron chi connectivity index (χ4n) is 3.20. The van der Waals surface area contributed by atoms with Gasteiger partial charge in [-0.05, 0) is 0 Å². The van der Waals surface area contributed by atoms with Crippen LogP contribution in [0.25, 0.3) is 0 Å². The molecule has 0 unspecified atom stereocenters. The van der Waals surface area contributed by atoms with E-state index in [-0.39, 0.29) is 6.61 Å². The maximum absolute atomic E-state index is 6.54. The molecule has 0 saturated heterocycles. The summed E-state index contributed by atoms with van der Waals surface area (Å²) in [5, 5.41) is 0. The molecule has 6 heteroatoms. The van der Waals surface area contributed by atoms with Crippen molar-refractivity contribution in [2.45, 2.75) is 6.92 Å². The van der Waals surface area contributed by atoms with Crippen LogP contribution in [0, 0.1) is 0 Å². The standard InChI is InChI=1S/4C6H6O.C2H5O.Ti/c4*7-6-4-2-1-3-5-6;1-2-3;/h4*1-5,7H;2H2,1H3;/q;;;;-1;+5/p-4. The van der Waals surface area contributed by atoms with E-state index in [1.54, 1.807) is 0 Å². The fraction of sp³-hybridized carbons (Fsp3) is 0.0769. The van der Waals surface area contributed by atoms with E-state index in [2.05, 4.69) is 0 Å². The fourth-order valence-corrected chi connectivity index (χ4v) is 7.95. The van der Waals surface area contributed by atoms with Crippen LogP contribution in [0.5, 0.6) is 23.0 Å². The molecule has 0 spiro atoms. The zero-order valence-corrected chi connectivity index (χ0v) is 19.4. The molecule has 4 aromatic carbocycles. The van der Waals surface area contributed by atoms with Crippen LogP contribution >= 0.6 is 0 Å². The molecular weight excluding hydrogens is 440 g/mol. The van der Waals surface area contributed by atoms with Crippen molar-refractivity contribution in [2.75, 3.05) is 6.61 Å². The topological polar surface area (TPSA) is 46.2 Å². The SMILES string of the molecule is CC[O][Ti]([O]c1ccccc1)([O]c1ccccc1)([O]c1ccccc1)[O]c1ccccc1. The van der Waals surface area contributed by atoms with Gasteiger partial charge in [-0.2, -0.15) is 0 Å². The molecule has 0 radical (unpaired) electrons. The van der Waals surface area contributed by atoms with E-state index in [1.165, 1.54) is 0 Å². The summed E-state index contributed by atoms with van der Waals surface area (Å²) in [7, 11) is 0. The van der Waals surface area contributed by atoms with Gasteiger partial charge in [0.2, 0.25) is 0 Å². The third-order valence-electron chi connectivity index (χ3n) is 4.49. The monoisotopic (exact) mass is 465 g/mol. The summed E-state index contributed by atoms with van der Waals surface area (Å²) >= 11 is -5.75. The Balaban J connectivity index is 1.91. The summed E-state index contributed by atoms with van der Waals surface area (Å²) < 4.78 is 32.5. The van der Waals surface area contributed by atoms with Gasteiger partial charge in [0.1, 0.15) is 0 Å². The molecular formula is C26H25O5Ti. The number of para-hydroxylation sites is 4. The molecule has 0 aliphatic carbocycles. The van der Waals surface area contributed by atoms with Crippen molar-refractivity contribution in [2.24, 2.45) is 0 Å². The van der Waals surface area contributed by atoms with Crippen LogP contribution in [0.1, 0.15) is 6.92 Å². The second kappa shape index (κ2) is 9.92. The van der Waals surface area contributed by atoms with Crippen LogP contribution < -0.4 is 13.3 Å². The summed E-state index contributed by atoms with van der Waals surface area (Å²) in [4.78, 5) is 0. The van der Waals surface area contributed by atoms with Crippen molar-refractivity contribution in [3.8, 4) is 23.0 Å². The predicted molar refractivity (Wildman–Crippen MR) is 120 cm³/mol. The quantitative estimate of drug-likeness (QED) is 0.247. The van der Waals surface area contributed by atoms with E-state index < -0.39 is 17.2 Å². The van der Waals surface area contributed by atoms with Gasteiger partial charge >= 0.3 is 192 Å².